The maximum Gasteiger partial charge on any atom is 0.254 e. The molecule has 1 aromatic heterocycles. The summed E-state index contributed by atoms with van der Waals surface area (Å²) in [4.78, 5) is 19.5. The summed E-state index contributed by atoms with van der Waals surface area (Å²) in [6.07, 6.45) is 0. The second-order valence-corrected chi connectivity index (χ2v) is 5.75. The third-order valence-corrected chi connectivity index (χ3v) is 4.14. The third kappa shape index (κ3) is 2.64. The molecule has 22 heavy (non-hydrogen) atoms. The summed E-state index contributed by atoms with van der Waals surface area (Å²) in [5.74, 6) is 0.804. The second kappa shape index (κ2) is 5.93. The molecule has 1 aliphatic rings. The van der Waals surface area contributed by atoms with Gasteiger partial charge in [0.2, 0.25) is 0 Å². The number of aryl methyl sites for hydroxylation is 1. The molecule has 116 valence electrons. The Labute approximate surface area is 130 Å². The van der Waals surface area contributed by atoms with E-state index in [2.05, 4.69) is 17.2 Å². The summed E-state index contributed by atoms with van der Waals surface area (Å²) in [7, 11) is 1.63. The van der Waals surface area contributed by atoms with Crippen LogP contribution in [0.15, 0.2) is 24.3 Å². The highest BCUT2D eigenvalue weighted by Crippen LogP contribution is 2.25. The quantitative estimate of drug-likeness (QED) is 0.921. The maximum atomic E-state index is 13.0. The molecule has 1 fully saturated rings. The first kappa shape index (κ1) is 14.8. The van der Waals surface area contributed by atoms with E-state index in [9.17, 15) is 4.79 Å². The highest BCUT2D eigenvalue weighted by molar-refractivity contribution is 6.06. The van der Waals surface area contributed by atoms with Gasteiger partial charge in [0.05, 0.1) is 18.2 Å². The summed E-state index contributed by atoms with van der Waals surface area (Å²) in [5.41, 5.74) is 2.38. The number of fused-ring (bicyclic) bond motifs is 1. The van der Waals surface area contributed by atoms with E-state index < -0.39 is 0 Å². The number of ether oxygens (including phenoxy) is 1. The molecule has 0 saturated carbocycles. The lowest BCUT2D eigenvalue weighted by atomic mass is 10.0. The second-order valence-electron chi connectivity index (χ2n) is 5.75. The van der Waals surface area contributed by atoms with E-state index in [-0.39, 0.29) is 11.9 Å². The number of pyridine rings is 1. The predicted molar refractivity (Wildman–Crippen MR) is 86.4 cm³/mol. The van der Waals surface area contributed by atoms with Crippen molar-refractivity contribution in [1.82, 2.24) is 15.2 Å². The molecule has 1 atom stereocenters. The van der Waals surface area contributed by atoms with E-state index in [1.54, 1.807) is 7.11 Å². The third-order valence-electron chi connectivity index (χ3n) is 4.14. The predicted octanol–water partition coefficient (Wildman–Crippen LogP) is 1.99. The molecule has 5 heteroatoms. The molecule has 1 unspecified atom stereocenters. The molecule has 2 aromatic rings. The number of nitrogens with zero attached hydrogens (tertiary/aromatic N) is 2. The smallest absolute Gasteiger partial charge is 0.254 e. The number of nitrogens with one attached hydrogen (secondary N) is 1. The monoisotopic (exact) mass is 299 g/mol. The van der Waals surface area contributed by atoms with Crippen LogP contribution in [0.2, 0.25) is 0 Å². The van der Waals surface area contributed by atoms with Gasteiger partial charge in [-0.2, -0.15) is 0 Å². The minimum Gasteiger partial charge on any atom is -0.497 e. The molecule has 2 heterocycles. The molecule has 3 rings (SSSR count). The van der Waals surface area contributed by atoms with Crippen molar-refractivity contribution in [3.63, 3.8) is 0 Å². The van der Waals surface area contributed by atoms with Gasteiger partial charge in [-0.25, -0.2) is 0 Å². The zero-order valence-electron chi connectivity index (χ0n) is 13.2. The topological polar surface area (TPSA) is 54.5 Å². The molecule has 0 radical (unpaired) electrons. The van der Waals surface area contributed by atoms with Gasteiger partial charge in [0.15, 0.2) is 0 Å². The van der Waals surface area contributed by atoms with Gasteiger partial charge >= 0.3 is 0 Å². The first-order valence-corrected chi connectivity index (χ1v) is 7.57. The summed E-state index contributed by atoms with van der Waals surface area (Å²) in [6.45, 7) is 6.38. The van der Waals surface area contributed by atoms with Crippen LogP contribution in [-0.2, 0) is 0 Å². The lowest BCUT2D eigenvalue weighted by molar-refractivity contribution is 0.0657. The number of carbonyl (C=O) groups is 1. The molecule has 1 amide bonds. The SMILES string of the molecule is COc1ccc2nc(C)cc(C(=O)N3CCNCC3C)c2c1. The van der Waals surface area contributed by atoms with E-state index in [4.69, 9.17) is 4.74 Å². The van der Waals surface area contributed by atoms with E-state index in [0.717, 1.165) is 42.0 Å². The van der Waals surface area contributed by atoms with Gasteiger partial charge in [-0.1, -0.05) is 0 Å². The number of carbonyl (C=O) groups excluding carboxylic acids is 1. The number of amides is 1. The van der Waals surface area contributed by atoms with Crippen molar-refractivity contribution in [2.45, 2.75) is 19.9 Å². The van der Waals surface area contributed by atoms with Crippen molar-refractivity contribution >= 4 is 16.8 Å². The normalized spacial score (nSPS) is 18.5. The van der Waals surface area contributed by atoms with Gasteiger partial charge in [0, 0.05) is 36.8 Å². The molecule has 0 aliphatic carbocycles. The van der Waals surface area contributed by atoms with Crippen molar-refractivity contribution in [1.29, 1.82) is 0 Å². The van der Waals surface area contributed by atoms with Crippen molar-refractivity contribution in [2.24, 2.45) is 0 Å². The first-order chi connectivity index (χ1) is 10.6. The van der Waals surface area contributed by atoms with Crippen LogP contribution >= 0.6 is 0 Å². The average Bonchev–Trinajstić information content (AvgIpc) is 2.53. The van der Waals surface area contributed by atoms with Gasteiger partial charge in [-0.3, -0.25) is 9.78 Å². The van der Waals surface area contributed by atoms with Crippen LogP contribution in [0.25, 0.3) is 10.9 Å². The van der Waals surface area contributed by atoms with Crippen LogP contribution in [0.4, 0.5) is 0 Å². The fourth-order valence-corrected chi connectivity index (χ4v) is 2.94. The Kier molecular flexibility index (Phi) is 3.98. The highest BCUT2D eigenvalue weighted by Gasteiger charge is 2.25. The number of hydrogen-bond donors (Lipinski definition) is 1. The Morgan fingerprint density at radius 3 is 2.95 bits per heavy atom. The zero-order chi connectivity index (χ0) is 15.7. The number of hydrogen-bond acceptors (Lipinski definition) is 4. The van der Waals surface area contributed by atoms with Gasteiger partial charge in [-0.15, -0.1) is 0 Å². The average molecular weight is 299 g/mol. The van der Waals surface area contributed by atoms with Crippen LogP contribution in [0.5, 0.6) is 5.75 Å². The number of piperazine rings is 1. The van der Waals surface area contributed by atoms with Crippen LogP contribution in [-0.4, -0.2) is 48.6 Å². The molecular formula is C17H21N3O2. The number of aromatic nitrogens is 1. The standard InChI is InChI=1S/C17H21N3O2/c1-11-8-15(17(21)20-7-6-18-10-12(20)2)14-9-13(22-3)4-5-16(14)19-11/h4-5,8-9,12,18H,6-7,10H2,1-3H3. The molecule has 0 bridgehead atoms. The zero-order valence-corrected chi connectivity index (χ0v) is 13.2. The Morgan fingerprint density at radius 2 is 2.23 bits per heavy atom. The van der Waals surface area contributed by atoms with Gasteiger partial charge in [0.1, 0.15) is 5.75 Å². The van der Waals surface area contributed by atoms with Crippen LogP contribution in [0.1, 0.15) is 23.0 Å². The summed E-state index contributed by atoms with van der Waals surface area (Å²) >= 11 is 0. The van der Waals surface area contributed by atoms with Crippen LogP contribution < -0.4 is 10.1 Å². The Bertz CT molecular complexity index is 714. The Hall–Kier alpha value is -2.14. The molecule has 1 N–H and O–H groups in total. The Balaban J connectivity index is 2.09. The van der Waals surface area contributed by atoms with Crippen molar-refractivity contribution in [3.05, 3.63) is 35.5 Å². The van der Waals surface area contributed by atoms with Gasteiger partial charge in [0.25, 0.3) is 5.91 Å². The first-order valence-electron chi connectivity index (χ1n) is 7.57. The van der Waals surface area contributed by atoms with Gasteiger partial charge in [-0.05, 0) is 38.1 Å². The fraction of sp³-hybridized carbons (Fsp3) is 0.412. The fourth-order valence-electron chi connectivity index (χ4n) is 2.94. The molecule has 1 aromatic carbocycles. The maximum absolute atomic E-state index is 13.0. The number of rotatable bonds is 2. The molecular weight excluding hydrogens is 278 g/mol. The van der Waals surface area contributed by atoms with E-state index in [0.29, 0.717) is 5.56 Å². The lowest BCUT2D eigenvalue weighted by Crippen LogP contribution is -2.52. The van der Waals surface area contributed by atoms with E-state index in [1.807, 2.05) is 36.1 Å². The lowest BCUT2D eigenvalue weighted by Gasteiger charge is -2.34. The number of methoxy groups -OCH3 is 1. The highest BCUT2D eigenvalue weighted by atomic mass is 16.5. The molecule has 1 aliphatic heterocycles. The largest absolute Gasteiger partial charge is 0.497 e. The van der Waals surface area contributed by atoms with Crippen LogP contribution in [0.3, 0.4) is 0 Å². The minimum atomic E-state index is 0.0674. The van der Waals surface area contributed by atoms with E-state index in [1.165, 1.54) is 0 Å². The van der Waals surface area contributed by atoms with Crippen molar-refractivity contribution in [3.8, 4) is 5.75 Å². The van der Waals surface area contributed by atoms with Crippen molar-refractivity contribution in [2.75, 3.05) is 26.7 Å². The summed E-state index contributed by atoms with van der Waals surface area (Å²) in [6, 6.07) is 7.73. The molecule has 5 nitrogen and oxygen atoms in total. The molecule has 0 spiro atoms. The van der Waals surface area contributed by atoms with Crippen molar-refractivity contribution < 1.29 is 9.53 Å². The number of benzene rings is 1. The Morgan fingerprint density at radius 1 is 1.41 bits per heavy atom. The summed E-state index contributed by atoms with van der Waals surface area (Å²) < 4.78 is 5.29. The summed E-state index contributed by atoms with van der Waals surface area (Å²) in [5, 5.41) is 4.16. The minimum absolute atomic E-state index is 0.0674. The molecule has 1 saturated heterocycles. The van der Waals surface area contributed by atoms with E-state index >= 15 is 0 Å². The van der Waals surface area contributed by atoms with Crippen LogP contribution in [0, 0.1) is 6.92 Å². The van der Waals surface area contributed by atoms with Gasteiger partial charge < -0.3 is 15.0 Å².